The van der Waals surface area contributed by atoms with Crippen LogP contribution in [-0.4, -0.2) is 32.9 Å². The van der Waals surface area contributed by atoms with Crippen LogP contribution in [0.1, 0.15) is 0 Å². The van der Waals surface area contributed by atoms with Gasteiger partial charge in [-0.25, -0.2) is 0 Å². The van der Waals surface area contributed by atoms with Crippen LogP contribution in [0, 0.1) is 0 Å². The lowest BCUT2D eigenvalue weighted by Crippen LogP contribution is -2.22. The topological polar surface area (TPSA) is 61.9 Å². The number of aromatic nitrogens is 3. The number of carbonyl (C=O) groups excluding carboxylic acids is 1. The zero-order valence-electron chi connectivity index (χ0n) is 5.65. The number of carbonyl (C=O) groups is 1. The average Bonchev–Trinajstić information content (AvgIpc) is 2.55. The minimum absolute atomic E-state index is 0.0545. The molecule has 1 fully saturated rings. The van der Waals surface area contributed by atoms with Crippen LogP contribution in [-0.2, 0) is 0 Å². The van der Waals surface area contributed by atoms with Gasteiger partial charge in [-0.1, -0.05) is 11.8 Å². The molecule has 5 nitrogen and oxygen atoms in total. The first-order chi connectivity index (χ1) is 5.38. The summed E-state index contributed by atoms with van der Waals surface area (Å²) in [5.41, 5.74) is 0. The van der Waals surface area contributed by atoms with Gasteiger partial charge in [0.15, 0.2) is 5.82 Å². The van der Waals surface area contributed by atoms with Crippen molar-refractivity contribution >= 4 is 22.8 Å². The Labute approximate surface area is 67.2 Å². The van der Waals surface area contributed by atoms with Crippen molar-refractivity contribution in [1.82, 2.24) is 15.4 Å². The third kappa shape index (κ3) is 1.09. The molecule has 1 aliphatic rings. The lowest BCUT2D eigenvalue weighted by Gasteiger charge is -2.07. The van der Waals surface area contributed by atoms with E-state index >= 15 is 0 Å². The SMILES string of the molecule is O=C1SCCN1c1cn[nH]n1. The van der Waals surface area contributed by atoms with E-state index in [1.807, 2.05) is 0 Å². The summed E-state index contributed by atoms with van der Waals surface area (Å²) in [4.78, 5) is 12.7. The van der Waals surface area contributed by atoms with E-state index in [2.05, 4.69) is 15.4 Å². The molecule has 2 heterocycles. The van der Waals surface area contributed by atoms with Crippen LogP contribution in [0.15, 0.2) is 6.20 Å². The molecule has 0 bridgehead atoms. The first-order valence-electron chi connectivity index (χ1n) is 3.18. The van der Waals surface area contributed by atoms with Crippen LogP contribution >= 0.6 is 11.8 Å². The monoisotopic (exact) mass is 170 g/mol. The molecule has 0 atom stereocenters. The van der Waals surface area contributed by atoms with E-state index in [9.17, 15) is 4.79 Å². The van der Waals surface area contributed by atoms with Gasteiger partial charge in [-0.05, 0) is 0 Å². The van der Waals surface area contributed by atoms with Crippen molar-refractivity contribution in [2.24, 2.45) is 0 Å². The number of nitrogens with zero attached hydrogens (tertiary/aromatic N) is 3. The number of aromatic amines is 1. The number of H-pyrrole nitrogens is 1. The number of thioether (sulfide) groups is 1. The van der Waals surface area contributed by atoms with Crippen LogP contribution in [0.4, 0.5) is 10.6 Å². The highest BCUT2D eigenvalue weighted by molar-refractivity contribution is 8.14. The maximum atomic E-state index is 11.1. The quantitative estimate of drug-likeness (QED) is 0.665. The summed E-state index contributed by atoms with van der Waals surface area (Å²) in [6.45, 7) is 0.732. The Bertz CT molecular complexity index is 259. The fourth-order valence-corrected chi connectivity index (χ4v) is 1.72. The molecule has 11 heavy (non-hydrogen) atoms. The molecule has 1 aliphatic heterocycles. The van der Waals surface area contributed by atoms with Crippen LogP contribution in [0.25, 0.3) is 0 Å². The van der Waals surface area contributed by atoms with Gasteiger partial charge in [0.1, 0.15) is 0 Å². The third-order valence-corrected chi connectivity index (χ3v) is 2.29. The molecule has 1 aromatic rings. The summed E-state index contributed by atoms with van der Waals surface area (Å²) in [7, 11) is 0. The van der Waals surface area contributed by atoms with E-state index in [0.717, 1.165) is 12.3 Å². The maximum Gasteiger partial charge on any atom is 0.287 e. The zero-order valence-corrected chi connectivity index (χ0v) is 6.47. The maximum absolute atomic E-state index is 11.1. The van der Waals surface area contributed by atoms with Gasteiger partial charge >= 0.3 is 0 Å². The smallest absolute Gasteiger partial charge is 0.284 e. The Hall–Kier alpha value is -1.04. The molecule has 0 radical (unpaired) electrons. The first-order valence-corrected chi connectivity index (χ1v) is 4.16. The molecule has 6 heteroatoms. The van der Waals surface area contributed by atoms with Gasteiger partial charge in [-0.3, -0.25) is 9.69 Å². The molecule has 58 valence electrons. The standard InChI is InChI=1S/C5H6N4OS/c10-5-9(1-2-11-5)4-3-6-8-7-4/h3H,1-2H2,(H,6,7,8). The van der Waals surface area contributed by atoms with Gasteiger partial charge in [0.05, 0.1) is 6.20 Å². The van der Waals surface area contributed by atoms with E-state index < -0.39 is 0 Å². The van der Waals surface area contributed by atoms with Crippen molar-refractivity contribution in [3.63, 3.8) is 0 Å². The van der Waals surface area contributed by atoms with Crippen molar-refractivity contribution < 1.29 is 4.79 Å². The predicted molar refractivity (Wildman–Crippen MR) is 41.6 cm³/mol. The molecule has 1 aromatic heterocycles. The minimum atomic E-state index is 0.0545. The molecule has 0 aliphatic carbocycles. The molecule has 0 unspecified atom stereocenters. The number of anilines is 1. The molecule has 1 N–H and O–H groups in total. The minimum Gasteiger partial charge on any atom is -0.284 e. The number of hydrogen-bond acceptors (Lipinski definition) is 4. The van der Waals surface area contributed by atoms with E-state index in [1.165, 1.54) is 11.8 Å². The summed E-state index contributed by atoms with van der Waals surface area (Å²) in [6, 6.07) is 0. The predicted octanol–water partition coefficient (Wildman–Crippen LogP) is 0.478. The van der Waals surface area contributed by atoms with Crippen LogP contribution in [0.3, 0.4) is 0 Å². The first kappa shape index (κ1) is 6.66. The Balaban J connectivity index is 2.23. The Kier molecular flexibility index (Phi) is 1.54. The van der Waals surface area contributed by atoms with E-state index in [4.69, 9.17) is 0 Å². The highest BCUT2D eigenvalue weighted by Gasteiger charge is 2.23. The van der Waals surface area contributed by atoms with Gasteiger partial charge in [0.2, 0.25) is 0 Å². The molecule has 1 saturated heterocycles. The number of nitrogens with one attached hydrogen (secondary N) is 1. The Morgan fingerprint density at radius 1 is 1.73 bits per heavy atom. The summed E-state index contributed by atoms with van der Waals surface area (Å²) in [5, 5.41) is 9.94. The lowest BCUT2D eigenvalue weighted by atomic mass is 10.6. The van der Waals surface area contributed by atoms with Crippen molar-refractivity contribution in [1.29, 1.82) is 0 Å². The summed E-state index contributed by atoms with van der Waals surface area (Å²) in [5.74, 6) is 1.45. The van der Waals surface area contributed by atoms with E-state index in [1.54, 1.807) is 11.1 Å². The number of amides is 1. The molecule has 1 amide bonds. The van der Waals surface area contributed by atoms with Crippen LogP contribution in [0.2, 0.25) is 0 Å². The Morgan fingerprint density at radius 2 is 2.64 bits per heavy atom. The highest BCUT2D eigenvalue weighted by atomic mass is 32.2. The van der Waals surface area contributed by atoms with Gasteiger partial charge in [0, 0.05) is 12.3 Å². The van der Waals surface area contributed by atoms with E-state index in [0.29, 0.717) is 5.82 Å². The fourth-order valence-electron chi connectivity index (χ4n) is 0.927. The van der Waals surface area contributed by atoms with Crippen molar-refractivity contribution in [3.8, 4) is 0 Å². The summed E-state index contributed by atoms with van der Waals surface area (Å²) < 4.78 is 0. The zero-order chi connectivity index (χ0) is 7.68. The third-order valence-electron chi connectivity index (χ3n) is 1.44. The van der Waals surface area contributed by atoms with Crippen molar-refractivity contribution in [2.45, 2.75) is 0 Å². The molecule has 2 rings (SSSR count). The van der Waals surface area contributed by atoms with E-state index in [-0.39, 0.29) is 5.24 Å². The molecule has 0 aromatic carbocycles. The molecular formula is C5H6N4OS. The fraction of sp³-hybridized carbons (Fsp3) is 0.400. The van der Waals surface area contributed by atoms with Crippen molar-refractivity contribution in [3.05, 3.63) is 6.20 Å². The number of hydrogen-bond donors (Lipinski definition) is 1. The van der Waals surface area contributed by atoms with Crippen LogP contribution in [0.5, 0.6) is 0 Å². The highest BCUT2D eigenvalue weighted by Crippen LogP contribution is 2.21. The Morgan fingerprint density at radius 3 is 3.18 bits per heavy atom. The molecule has 0 saturated carbocycles. The lowest BCUT2D eigenvalue weighted by molar-refractivity contribution is 0.266. The van der Waals surface area contributed by atoms with Crippen molar-refractivity contribution in [2.75, 3.05) is 17.2 Å². The summed E-state index contributed by atoms with van der Waals surface area (Å²) in [6.07, 6.45) is 1.55. The average molecular weight is 170 g/mol. The number of rotatable bonds is 1. The normalized spacial score (nSPS) is 17.8. The largest absolute Gasteiger partial charge is 0.287 e. The second kappa shape index (κ2) is 2.54. The van der Waals surface area contributed by atoms with Gasteiger partial charge in [-0.2, -0.15) is 10.3 Å². The van der Waals surface area contributed by atoms with Gasteiger partial charge in [-0.15, -0.1) is 5.10 Å². The molecular weight excluding hydrogens is 164 g/mol. The molecule has 0 spiro atoms. The summed E-state index contributed by atoms with van der Waals surface area (Å²) >= 11 is 1.31. The van der Waals surface area contributed by atoms with Gasteiger partial charge in [0.25, 0.3) is 5.24 Å². The van der Waals surface area contributed by atoms with Gasteiger partial charge < -0.3 is 0 Å². The second-order valence-corrected chi connectivity index (χ2v) is 3.14. The second-order valence-electron chi connectivity index (χ2n) is 2.09. The van der Waals surface area contributed by atoms with Crippen LogP contribution < -0.4 is 4.90 Å².